The highest BCUT2D eigenvalue weighted by molar-refractivity contribution is 6.38. The average Bonchev–Trinajstić information content (AvgIpc) is 3.73. The van der Waals surface area contributed by atoms with Gasteiger partial charge in [-0.2, -0.15) is 0 Å². The Kier molecular flexibility index (Phi) is 12.5. The van der Waals surface area contributed by atoms with Crippen LogP contribution in [0.1, 0.15) is 104 Å². The third-order valence-electron chi connectivity index (χ3n) is 10.5. The molecule has 0 spiro atoms. The second-order valence-electron chi connectivity index (χ2n) is 15.5. The Morgan fingerprint density at radius 1 is 1.00 bits per heavy atom. The summed E-state index contributed by atoms with van der Waals surface area (Å²) in [6.07, 6.45) is 10.0. The predicted octanol–water partition coefficient (Wildman–Crippen LogP) is 3.60. The first-order valence-electron chi connectivity index (χ1n) is 17.8. The van der Waals surface area contributed by atoms with Crippen molar-refractivity contribution in [2.24, 2.45) is 23.2 Å². The third kappa shape index (κ3) is 9.21. The number of likely N-dealkylation sites (N-methyl/N-ethyl adjacent to an activating group) is 1. The summed E-state index contributed by atoms with van der Waals surface area (Å²) in [4.78, 5) is 82.5. The van der Waals surface area contributed by atoms with E-state index in [1.807, 2.05) is 34.6 Å². The van der Waals surface area contributed by atoms with E-state index in [9.17, 15) is 28.8 Å². The quantitative estimate of drug-likeness (QED) is 0.180. The van der Waals surface area contributed by atoms with Crippen LogP contribution >= 0.6 is 0 Å². The summed E-state index contributed by atoms with van der Waals surface area (Å²) in [5, 5.41) is 11.0. The zero-order valence-electron chi connectivity index (χ0n) is 29.9. The smallest absolute Gasteiger partial charge is 0.332 e. The maximum Gasteiger partial charge on any atom is 0.332 e. The first-order valence-corrected chi connectivity index (χ1v) is 17.8. The van der Waals surface area contributed by atoms with Crippen LogP contribution in [0, 0.1) is 23.2 Å². The van der Waals surface area contributed by atoms with Gasteiger partial charge >= 0.3 is 12.0 Å². The Morgan fingerprint density at radius 2 is 1.69 bits per heavy atom. The molecule has 4 N–H and O–H groups in total. The largest absolute Gasteiger partial charge is 0.472 e. The molecule has 0 radical (unpaired) electrons. The Balaban J connectivity index is 1.52. The number of furan rings is 1. The molecule has 5 amide bonds. The molecule has 4 atom stereocenters. The number of likely N-dealkylation sites (tertiary alicyclic amines) is 1. The molecule has 2 heterocycles. The van der Waals surface area contributed by atoms with Crippen LogP contribution in [0.25, 0.3) is 0 Å². The molecule has 13 nitrogen and oxygen atoms in total. The minimum atomic E-state index is -1.25. The average molecular weight is 686 g/mol. The molecule has 0 bridgehead atoms. The number of carbonyl (C=O) groups is 6. The number of ketones is 1. The van der Waals surface area contributed by atoms with E-state index < -0.39 is 64.6 Å². The van der Waals surface area contributed by atoms with Gasteiger partial charge in [0.25, 0.3) is 5.91 Å². The van der Waals surface area contributed by atoms with Crippen molar-refractivity contribution in [2.75, 3.05) is 13.6 Å². The fourth-order valence-electron chi connectivity index (χ4n) is 7.33. The minimum absolute atomic E-state index is 0.00907. The van der Waals surface area contributed by atoms with E-state index >= 15 is 0 Å². The van der Waals surface area contributed by atoms with E-state index in [1.54, 1.807) is 6.07 Å². The minimum Gasteiger partial charge on any atom is -0.472 e. The van der Waals surface area contributed by atoms with Gasteiger partial charge in [0.15, 0.2) is 0 Å². The van der Waals surface area contributed by atoms with Crippen LogP contribution in [0.4, 0.5) is 4.79 Å². The number of amides is 5. The highest BCUT2D eigenvalue weighted by Gasteiger charge is 2.49. The van der Waals surface area contributed by atoms with Gasteiger partial charge < -0.3 is 35.3 Å². The highest BCUT2D eigenvalue weighted by Crippen LogP contribution is 2.35. The molecule has 49 heavy (non-hydrogen) atoms. The van der Waals surface area contributed by atoms with E-state index in [2.05, 4.69) is 21.3 Å². The molecule has 2 saturated carbocycles. The maximum atomic E-state index is 14.4. The van der Waals surface area contributed by atoms with Crippen LogP contribution in [-0.2, 0) is 35.3 Å². The lowest BCUT2D eigenvalue weighted by Crippen LogP contribution is -2.64. The molecular weight excluding hydrogens is 630 g/mol. The molecule has 3 fully saturated rings. The fraction of sp³-hybridized carbons (Fsp3) is 0.722. The molecule has 13 heteroatoms. The van der Waals surface area contributed by atoms with Crippen molar-refractivity contribution in [2.45, 2.75) is 129 Å². The second kappa shape index (κ2) is 16.2. The van der Waals surface area contributed by atoms with E-state index in [4.69, 9.17) is 9.15 Å². The van der Waals surface area contributed by atoms with Crippen molar-refractivity contribution in [1.29, 1.82) is 0 Å². The van der Waals surface area contributed by atoms with Crippen molar-refractivity contribution in [3.8, 4) is 0 Å². The first kappa shape index (κ1) is 37.9. The molecule has 3 aliphatic rings. The number of hydrogen-bond acceptors (Lipinski definition) is 8. The van der Waals surface area contributed by atoms with Gasteiger partial charge in [-0.1, -0.05) is 73.1 Å². The van der Waals surface area contributed by atoms with Gasteiger partial charge in [-0.25, -0.2) is 9.59 Å². The van der Waals surface area contributed by atoms with Crippen molar-refractivity contribution >= 4 is 35.5 Å². The topological polar surface area (TPSA) is 176 Å². The lowest BCUT2D eigenvalue weighted by molar-refractivity contribution is -0.154. The van der Waals surface area contributed by atoms with Gasteiger partial charge in [-0.3, -0.25) is 19.2 Å². The molecule has 1 unspecified atom stereocenters. The monoisotopic (exact) mass is 685 g/mol. The lowest BCUT2D eigenvalue weighted by Gasteiger charge is -2.39. The molecule has 1 aromatic rings. The number of hydrogen-bond donors (Lipinski definition) is 4. The fourth-order valence-corrected chi connectivity index (χ4v) is 7.33. The number of rotatable bonds is 13. The summed E-state index contributed by atoms with van der Waals surface area (Å²) in [5.41, 5.74) is -1.32. The van der Waals surface area contributed by atoms with Gasteiger partial charge in [-0.15, -0.1) is 0 Å². The summed E-state index contributed by atoms with van der Waals surface area (Å²) in [5.74, 6) is -2.85. The van der Waals surface area contributed by atoms with Gasteiger partial charge in [0.05, 0.1) is 18.6 Å². The Labute approximate surface area is 289 Å². The summed E-state index contributed by atoms with van der Waals surface area (Å²) in [6, 6.07) is -1.91. The number of nitrogens with one attached hydrogen (secondary N) is 4. The number of carbonyl (C=O) groups excluding carboxylic acids is 6. The standard InChI is InChI=1S/C36H55N5O8/c1-22(2)25-13-17-41(27(25)30(43)38-26(19-23-11-10-12-23)28(42)31(44)37-6)32(45)29(35(3,4)5)39-34(47)40-36(15-8-7-9-16-36)33(46)49-21-24-14-18-48-20-24/h14,18,20,22-23,25-27,29H,7-13,15-17,19,21H2,1-6H3,(H,37,44)(H,38,43)(H2,39,40,47)/t25-,26?,27+,29-/m1/s1. The Morgan fingerprint density at radius 3 is 2.24 bits per heavy atom. The summed E-state index contributed by atoms with van der Waals surface area (Å²) < 4.78 is 10.7. The van der Waals surface area contributed by atoms with E-state index in [0.717, 1.165) is 38.5 Å². The van der Waals surface area contributed by atoms with Crippen molar-refractivity contribution in [3.63, 3.8) is 0 Å². The molecule has 2 aliphatic carbocycles. The Hall–Kier alpha value is -3.90. The van der Waals surface area contributed by atoms with E-state index in [1.165, 1.54) is 24.5 Å². The number of ether oxygens (including phenoxy) is 1. The SMILES string of the molecule is CNC(=O)C(=O)C(CC1CCC1)NC(=O)[C@@H]1[C@@H](C(C)C)CCN1C(=O)[C@@H](NC(=O)NC1(C(=O)OCc2ccoc2)CCCCC1)C(C)(C)C. The summed E-state index contributed by atoms with van der Waals surface area (Å²) >= 11 is 0. The molecule has 272 valence electrons. The normalized spacial score (nSPS) is 22.0. The van der Waals surface area contributed by atoms with Crippen molar-refractivity contribution in [3.05, 3.63) is 24.2 Å². The van der Waals surface area contributed by atoms with Crippen LogP contribution in [0.2, 0.25) is 0 Å². The van der Waals surface area contributed by atoms with E-state index in [-0.39, 0.29) is 30.9 Å². The summed E-state index contributed by atoms with van der Waals surface area (Å²) in [6.45, 7) is 9.75. The molecule has 4 rings (SSSR count). The highest BCUT2D eigenvalue weighted by atomic mass is 16.5. The Bertz CT molecular complexity index is 1340. The van der Waals surface area contributed by atoms with E-state index in [0.29, 0.717) is 31.2 Å². The maximum absolute atomic E-state index is 14.4. The molecule has 1 aromatic heterocycles. The predicted molar refractivity (Wildman–Crippen MR) is 181 cm³/mol. The number of urea groups is 1. The zero-order valence-corrected chi connectivity index (χ0v) is 29.9. The van der Waals surface area contributed by atoms with Gasteiger partial charge in [0.1, 0.15) is 24.2 Å². The zero-order chi connectivity index (χ0) is 35.9. The van der Waals surface area contributed by atoms with Crippen molar-refractivity contribution < 1.29 is 37.9 Å². The lowest BCUT2D eigenvalue weighted by atomic mass is 9.80. The van der Waals surface area contributed by atoms with Crippen molar-refractivity contribution in [1.82, 2.24) is 26.2 Å². The second-order valence-corrected chi connectivity index (χ2v) is 15.5. The van der Waals surface area contributed by atoms with Crippen LogP contribution in [0.15, 0.2) is 23.0 Å². The van der Waals surface area contributed by atoms with Crippen LogP contribution in [0.5, 0.6) is 0 Å². The molecule has 1 saturated heterocycles. The van der Waals surface area contributed by atoms with Gasteiger partial charge in [0, 0.05) is 19.2 Å². The first-order chi connectivity index (χ1) is 23.2. The third-order valence-corrected chi connectivity index (χ3v) is 10.5. The van der Waals surface area contributed by atoms with Crippen LogP contribution in [-0.4, -0.2) is 77.7 Å². The number of Topliss-reactive ketones (excluding diaryl/α,β-unsaturated/α-hetero) is 1. The van der Waals surface area contributed by atoms with Crippen LogP contribution < -0.4 is 21.3 Å². The van der Waals surface area contributed by atoms with Gasteiger partial charge in [-0.05, 0) is 54.9 Å². The van der Waals surface area contributed by atoms with Crippen LogP contribution in [0.3, 0.4) is 0 Å². The number of nitrogens with zero attached hydrogens (tertiary/aromatic N) is 1. The summed E-state index contributed by atoms with van der Waals surface area (Å²) in [7, 11) is 1.38. The molecule has 1 aliphatic heterocycles. The molecule has 0 aromatic carbocycles. The number of esters is 1. The molecular formula is C36H55N5O8. The van der Waals surface area contributed by atoms with Gasteiger partial charge in [0.2, 0.25) is 17.6 Å².